The van der Waals surface area contributed by atoms with Crippen LogP contribution < -0.4 is 10.5 Å². The van der Waals surface area contributed by atoms with E-state index in [0.717, 1.165) is 23.4 Å². The minimum absolute atomic E-state index is 0.152. The highest BCUT2D eigenvalue weighted by Crippen LogP contribution is 2.25. The molecule has 18 heavy (non-hydrogen) atoms. The van der Waals surface area contributed by atoms with E-state index < -0.39 is 0 Å². The fourth-order valence-electron chi connectivity index (χ4n) is 1.85. The number of para-hydroxylation sites is 2. The molecule has 0 atom stereocenters. The van der Waals surface area contributed by atoms with Gasteiger partial charge in [0.25, 0.3) is 0 Å². The van der Waals surface area contributed by atoms with Gasteiger partial charge < -0.3 is 15.6 Å². The number of benzene rings is 1. The van der Waals surface area contributed by atoms with Gasteiger partial charge in [-0.3, -0.25) is 0 Å². The predicted molar refractivity (Wildman–Crippen MR) is 69.9 cm³/mol. The van der Waals surface area contributed by atoms with E-state index in [0.29, 0.717) is 12.2 Å². The molecule has 1 aromatic heterocycles. The van der Waals surface area contributed by atoms with Crippen molar-refractivity contribution in [3.05, 3.63) is 36.0 Å². The summed E-state index contributed by atoms with van der Waals surface area (Å²) >= 11 is 0. The summed E-state index contributed by atoms with van der Waals surface area (Å²) in [6.45, 7) is 0.152. The Morgan fingerprint density at radius 1 is 1.39 bits per heavy atom. The number of anilines is 1. The van der Waals surface area contributed by atoms with Crippen molar-refractivity contribution in [3.8, 4) is 11.4 Å². The molecule has 1 aromatic carbocycles. The summed E-state index contributed by atoms with van der Waals surface area (Å²) in [6, 6.07) is 7.57. The second-order valence-electron chi connectivity index (χ2n) is 3.97. The lowest BCUT2D eigenvalue weighted by Crippen LogP contribution is -2.05. The first-order valence-electron chi connectivity index (χ1n) is 5.84. The van der Waals surface area contributed by atoms with E-state index in [1.807, 2.05) is 24.3 Å². The van der Waals surface area contributed by atoms with Crippen molar-refractivity contribution < 1.29 is 9.84 Å². The van der Waals surface area contributed by atoms with E-state index in [4.69, 9.17) is 15.6 Å². The molecule has 0 radical (unpaired) electrons. The van der Waals surface area contributed by atoms with Crippen molar-refractivity contribution in [2.75, 3.05) is 19.5 Å². The number of aliphatic hydroxyl groups is 1. The second-order valence-corrected chi connectivity index (χ2v) is 3.97. The van der Waals surface area contributed by atoms with Crippen LogP contribution in [0, 0.1) is 0 Å². The predicted octanol–water partition coefficient (Wildman–Crippen LogP) is 1.39. The number of hydrogen-bond acceptors (Lipinski definition) is 4. The van der Waals surface area contributed by atoms with Gasteiger partial charge in [0.1, 0.15) is 17.3 Å². The average molecular weight is 247 g/mol. The molecule has 0 amide bonds. The summed E-state index contributed by atoms with van der Waals surface area (Å²) < 4.78 is 6.95. The number of hydrogen-bond donors (Lipinski definition) is 2. The number of ether oxygens (including phenoxy) is 1. The Kier molecular flexibility index (Phi) is 3.84. The molecule has 0 aliphatic heterocycles. The van der Waals surface area contributed by atoms with E-state index in [-0.39, 0.29) is 6.61 Å². The highest BCUT2D eigenvalue weighted by Gasteiger charge is 2.11. The molecule has 0 fully saturated rings. The van der Waals surface area contributed by atoms with Crippen LogP contribution >= 0.6 is 0 Å². The van der Waals surface area contributed by atoms with Gasteiger partial charge in [0.2, 0.25) is 0 Å². The van der Waals surface area contributed by atoms with Gasteiger partial charge in [-0.2, -0.15) is 5.10 Å². The lowest BCUT2D eigenvalue weighted by atomic mass is 10.2. The molecule has 0 spiro atoms. The highest BCUT2D eigenvalue weighted by molar-refractivity contribution is 5.53. The molecule has 5 nitrogen and oxygen atoms in total. The van der Waals surface area contributed by atoms with Crippen molar-refractivity contribution in [2.45, 2.75) is 12.8 Å². The van der Waals surface area contributed by atoms with Crippen LogP contribution in [0.5, 0.6) is 5.75 Å². The number of aliphatic hydroxyl groups excluding tert-OH is 1. The summed E-state index contributed by atoms with van der Waals surface area (Å²) in [5.41, 5.74) is 7.82. The largest absolute Gasteiger partial charge is 0.494 e. The topological polar surface area (TPSA) is 73.3 Å². The quantitative estimate of drug-likeness (QED) is 0.837. The monoisotopic (exact) mass is 247 g/mol. The Bertz CT molecular complexity index is 523. The SMILES string of the molecule is COc1ccccc1-n1ncc(CCCO)c1N. The van der Waals surface area contributed by atoms with Crippen LogP contribution in [0.1, 0.15) is 12.0 Å². The van der Waals surface area contributed by atoms with Crippen LogP contribution in [0.15, 0.2) is 30.5 Å². The van der Waals surface area contributed by atoms with Crippen LogP contribution in [-0.4, -0.2) is 28.6 Å². The molecule has 1 heterocycles. The third-order valence-corrected chi connectivity index (χ3v) is 2.80. The van der Waals surface area contributed by atoms with Gasteiger partial charge in [0, 0.05) is 12.2 Å². The number of rotatable bonds is 5. The Hall–Kier alpha value is -2.01. The zero-order valence-corrected chi connectivity index (χ0v) is 10.3. The molecule has 0 unspecified atom stereocenters. The number of nitrogen functional groups attached to an aromatic ring is 1. The van der Waals surface area contributed by atoms with Crippen molar-refractivity contribution in [3.63, 3.8) is 0 Å². The van der Waals surface area contributed by atoms with E-state index >= 15 is 0 Å². The molecular formula is C13H17N3O2. The van der Waals surface area contributed by atoms with Crippen molar-refractivity contribution in [1.29, 1.82) is 0 Å². The van der Waals surface area contributed by atoms with Crippen molar-refractivity contribution in [1.82, 2.24) is 9.78 Å². The van der Waals surface area contributed by atoms with Crippen LogP contribution in [0.2, 0.25) is 0 Å². The Morgan fingerprint density at radius 2 is 2.17 bits per heavy atom. The summed E-state index contributed by atoms with van der Waals surface area (Å²) in [4.78, 5) is 0. The molecule has 5 heteroatoms. The lowest BCUT2D eigenvalue weighted by molar-refractivity contribution is 0.288. The van der Waals surface area contributed by atoms with E-state index in [1.54, 1.807) is 18.0 Å². The fraction of sp³-hybridized carbons (Fsp3) is 0.308. The van der Waals surface area contributed by atoms with E-state index in [9.17, 15) is 0 Å². The van der Waals surface area contributed by atoms with Crippen molar-refractivity contribution in [2.24, 2.45) is 0 Å². The first-order chi connectivity index (χ1) is 8.77. The van der Waals surface area contributed by atoms with Crippen molar-refractivity contribution >= 4 is 5.82 Å². The number of nitrogens with two attached hydrogens (primary N) is 1. The highest BCUT2D eigenvalue weighted by atomic mass is 16.5. The second kappa shape index (κ2) is 5.55. The zero-order chi connectivity index (χ0) is 13.0. The normalized spacial score (nSPS) is 10.6. The molecule has 3 N–H and O–H groups in total. The Morgan fingerprint density at radius 3 is 2.89 bits per heavy atom. The van der Waals surface area contributed by atoms with Crippen LogP contribution in [0.4, 0.5) is 5.82 Å². The van der Waals surface area contributed by atoms with Gasteiger partial charge in [-0.15, -0.1) is 0 Å². The fourth-order valence-corrected chi connectivity index (χ4v) is 1.85. The van der Waals surface area contributed by atoms with Gasteiger partial charge >= 0.3 is 0 Å². The summed E-state index contributed by atoms with van der Waals surface area (Å²) in [6.07, 6.45) is 3.14. The van der Waals surface area contributed by atoms with Gasteiger partial charge in [-0.05, 0) is 25.0 Å². The van der Waals surface area contributed by atoms with Crippen LogP contribution in [-0.2, 0) is 6.42 Å². The molecule has 0 saturated heterocycles. The standard InChI is InChI=1S/C13H17N3O2/c1-18-12-7-3-2-6-11(12)16-13(14)10(9-15-16)5-4-8-17/h2-3,6-7,9,17H,4-5,8,14H2,1H3. The lowest BCUT2D eigenvalue weighted by Gasteiger charge is -2.09. The van der Waals surface area contributed by atoms with E-state index in [2.05, 4.69) is 5.10 Å². The first kappa shape index (κ1) is 12.4. The van der Waals surface area contributed by atoms with E-state index in [1.165, 1.54) is 0 Å². The first-order valence-corrected chi connectivity index (χ1v) is 5.84. The number of aromatic nitrogens is 2. The molecule has 96 valence electrons. The number of aryl methyl sites for hydroxylation is 1. The maximum absolute atomic E-state index is 8.84. The Labute approximate surface area is 106 Å². The molecule has 0 bridgehead atoms. The van der Waals surface area contributed by atoms with Crippen LogP contribution in [0.3, 0.4) is 0 Å². The average Bonchev–Trinajstić information content (AvgIpc) is 2.77. The molecule has 0 aliphatic rings. The third kappa shape index (κ3) is 2.31. The smallest absolute Gasteiger partial charge is 0.144 e. The number of methoxy groups -OCH3 is 1. The summed E-state index contributed by atoms with van der Waals surface area (Å²) in [7, 11) is 1.62. The summed E-state index contributed by atoms with van der Waals surface area (Å²) in [5, 5.41) is 13.1. The molecular weight excluding hydrogens is 230 g/mol. The molecule has 0 saturated carbocycles. The van der Waals surface area contributed by atoms with Crippen LogP contribution in [0.25, 0.3) is 5.69 Å². The van der Waals surface area contributed by atoms with Gasteiger partial charge in [0.05, 0.1) is 13.3 Å². The molecule has 2 aromatic rings. The maximum Gasteiger partial charge on any atom is 0.144 e. The summed E-state index contributed by atoms with van der Waals surface area (Å²) in [5.74, 6) is 1.31. The van der Waals surface area contributed by atoms with Gasteiger partial charge in [-0.1, -0.05) is 12.1 Å². The molecule has 0 aliphatic carbocycles. The zero-order valence-electron chi connectivity index (χ0n) is 10.3. The third-order valence-electron chi connectivity index (χ3n) is 2.80. The maximum atomic E-state index is 8.84. The minimum Gasteiger partial charge on any atom is -0.494 e. The number of nitrogens with zero attached hydrogens (tertiary/aromatic N) is 2. The van der Waals surface area contributed by atoms with Gasteiger partial charge in [-0.25, -0.2) is 4.68 Å². The molecule has 2 rings (SSSR count). The van der Waals surface area contributed by atoms with Gasteiger partial charge in [0.15, 0.2) is 0 Å². The minimum atomic E-state index is 0.152. The Balaban J connectivity index is 2.36.